The quantitative estimate of drug-likeness (QED) is 0.641. The zero-order chi connectivity index (χ0) is 11.2. The van der Waals surface area contributed by atoms with E-state index in [1.165, 1.54) is 0 Å². The molecule has 0 spiro atoms. The van der Waals surface area contributed by atoms with Crippen molar-refractivity contribution in [2.75, 3.05) is 13.2 Å². The average molecular weight is 222 g/mol. The molecule has 0 atom stereocenters. The predicted octanol–water partition coefficient (Wildman–Crippen LogP) is 3.83. The first-order valence-corrected chi connectivity index (χ1v) is 6.81. The summed E-state index contributed by atoms with van der Waals surface area (Å²) >= 11 is 0. The molecule has 14 heavy (non-hydrogen) atoms. The fourth-order valence-corrected chi connectivity index (χ4v) is 2.54. The van der Waals surface area contributed by atoms with Gasteiger partial charge in [0.25, 0.3) is 0 Å². The van der Waals surface area contributed by atoms with E-state index in [1.54, 1.807) is 0 Å². The second-order valence-corrected chi connectivity index (χ2v) is 7.19. The monoisotopic (exact) mass is 222 g/mol. The van der Waals surface area contributed by atoms with Gasteiger partial charge in [-0.25, -0.2) is 0 Å². The minimum absolute atomic E-state index is 0.433. The molecule has 0 unspecified atom stereocenters. The van der Waals surface area contributed by atoms with Crippen LogP contribution in [0.4, 0.5) is 0 Å². The highest BCUT2D eigenvalue weighted by atomic mass is 31.2. The molecule has 0 amide bonds. The molecule has 0 rings (SSSR count). The van der Waals surface area contributed by atoms with Crippen molar-refractivity contribution < 1.29 is 13.6 Å². The van der Waals surface area contributed by atoms with Crippen molar-refractivity contribution in [2.45, 2.75) is 52.6 Å². The topological polar surface area (TPSA) is 35.5 Å². The third kappa shape index (κ3) is 4.12. The van der Waals surface area contributed by atoms with Gasteiger partial charge in [0.05, 0.1) is 18.4 Å². The maximum absolute atomic E-state index is 12.3. The summed E-state index contributed by atoms with van der Waals surface area (Å²) in [4.78, 5) is 0. The van der Waals surface area contributed by atoms with Crippen LogP contribution < -0.4 is 0 Å². The largest absolute Gasteiger partial charge is 0.335 e. The Morgan fingerprint density at radius 2 is 1.36 bits per heavy atom. The lowest BCUT2D eigenvalue weighted by molar-refractivity contribution is 0.189. The van der Waals surface area contributed by atoms with Crippen molar-refractivity contribution in [3.63, 3.8) is 0 Å². The molecule has 86 valence electrons. The third-order valence-corrected chi connectivity index (χ3v) is 4.44. The van der Waals surface area contributed by atoms with Crippen molar-refractivity contribution in [1.29, 1.82) is 0 Å². The Balaban J connectivity index is 4.43. The van der Waals surface area contributed by atoms with E-state index < -0.39 is 12.8 Å². The van der Waals surface area contributed by atoms with Gasteiger partial charge in [-0.15, -0.1) is 0 Å². The lowest BCUT2D eigenvalue weighted by Gasteiger charge is -2.29. The SMILES string of the molecule is CCCOP(=O)(OCCC)C(C)(C)C. The molecule has 0 bridgehead atoms. The Morgan fingerprint density at radius 3 is 1.57 bits per heavy atom. The summed E-state index contributed by atoms with van der Waals surface area (Å²) in [7, 11) is -2.94. The van der Waals surface area contributed by atoms with Gasteiger partial charge in [-0.05, 0) is 33.6 Å². The van der Waals surface area contributed by atoms with Crippen LogP contribution in [0.25, 0.3) is 0 Å². The summed E-state index contributed by atoms with van der Waals surface area (Å²) < 4.78 is 23.1. The summed E-state index contributed by atoms with van der Waals surface area (Å²) in [6, 6.07) is 0. The Hall–Kier alpha value is 0.150. The Morgan fingerprint density at radius 1 is 1.00 bits per heavy atom. The van der Waals surface area contributed by atoms with Crippen molar-refractivity contribution in [3.05, 3.63) is 0 Å². The number of hydrogen-bond donors (Lipinski definition) is 0. The molecule has 3 nitrogen and oxygen atoms in total. The summed E-state index contributed by atoms with van der Waals surface area (Å²) in [5.74, 6) is 0. The van der Waals surface area contributed by atoms with Crippen LogP contribution in [0, 0.1) is 0 Å². The first-order chi connectivity index (χ1) is 6.37. The van der Waals surface area contributed by atoms with Gasteiger partial charge in [-0.1, -0.05) is 13.8 Å². The molecule has 4 heteroatoms. The fraction of sp³-hybridized carbons (Fsp3) is 1.00. The zero-order valence-electron chi connectivity index (χ0n) is 10.0. The van der Waals surface area contributed by atoms with Gasteiger partial charge in [0.2, 0.25) is 0 Å². The zero-order valence-corrected chi connectivity index (χ0v) is 10.9. The number of hydrogen-bond acceptors (Lipinski definition) is 3. The third-order valence-electron chi connectivity index (χ3n) is 1.75. The highest BCUT2D eigenvalue weighted by Crippen LogP contribution is 2.59. The molecular weight excluding hydrogens is 199 g/mol. The van der Waals surface area contributed by atoms with E-state index in [1.807, 2.05) is 34.6 Å². The van der Waals surface area contributed by atoms with E-state index in [9.17, 15) is 4.57 Å². The van der Waals surface area contributed by atoms with Crippen molar-refractivity contribution in [2.24, 2.45) is 0 Å². The highest BCUT2D eigenvalue weighted by Gasteiger charge is 2.39. The molecule has 0 aliphatic rings. The normalized spacial score (nSPS) is 13.2. The summed E-state index contributed by atoms with van der Waals surface area (Å²) in [5, 5.41) is -0.433. The van der Waals surface area contributed by atoms with Gasteiger partial charge < -0.3 is 9.05 Å². The number of rotatable bonds is 6. The van der Waals surface area contributed by atoms with Gasteiger partial charge in [-0.3, -0.25) is 4.57 Å². The van der Waals surface area contributed by atoms with Crippen LogP contribution in [0.15, 0.2) is 0 Å². The molecule has 0 saturated heterocycles. The van der Waals surface area contributed by atoms with Crippen LogP contribution in [0.2, 0.25) is 0 Å². The Bertz CT molecular complexity index is 184. The van der Waals surface area contributed by atoms with Crippen LogP contribution in [-0.4, -0.2) is 18.4 Å². The highest BCUT2D eigenvalue weighted by molar-refractivity contribution is 7.55. The molecule has 0 heterocycles. The van der Waals surface area contributed by atoms with Gasteiger partial charge in [0.1, 0.15) is 0 Å². The molecule has 0 saturated carbocycles. The van der Waals surface area contributed by atoms with Gasteiger partial charge in [-0.2, -0.15) is 0 Å². The lowest BCUT2D eigenvalue weighted by atomic mass is 10.3. The molecule has 0 aromatic rings. The fourth-order valence-electron chi connectivity index (χ4n) is 0.847. The molecule has 0 aromatic carbocycles. The average Bonchev–Trinajstić information content (AvgIpc) is 2.09. The minimum atomic E-state index is -2.94. The molecule has 0 fully saturated rings. The Kier molecular flexibility index (Phi) is 5.96. The second-order valence-electron chi connectivity index (χ2n) is 4.33. The van der Waals surface area contributed by atoms with Crippen LogP contribution in [-0.2, 0) is 13.6 Å². The van der Waals surface area contributed by atoms with E-state index in [0.717, 1.165) is 12.8 Å². The minimum Gasteiger partial charge on any atom is -0.308 e. The molecule has 0 aliphatic heterocycles. The van der Waals surface area contributed by atoms with E-state index in [0.29, 0.717) is 13.2 Å². The van der Waals surface area contributed by atoms with Crippen molar-refractivity contribution in [3.8, 4) is 0 Å². The van der Waals surface area contributed by atoms with Gasteiger partial charge >= 0.3 is 7.60 Å². The van der Waals surface area contributed by atoms with Crippen LogP contribution in [0.5, 0.6) is 0 Å². The molecule has 0 aromatic heterocycles. The lowest BCUT2D eigenvalue weighted by Crippen LogP contribution is -2.19. The van der Waals surface area contributed by atoms with E-state index in [2.05, 4.69) is 0 Å². The maximum atomic E-state index is 12.3. The van der Waals surface area contributed by atoms with Gasteiger partial charge in [0, 0.05) is 0 Å². The van der Waals surface area contributed by atoms with Crippen LogP contribution in [0.1, 0.15) is 47.5 Å². The second kappa shape index (κ2) is 5.89. The Labute approximate surface area is 87.7 Å². The van der Waals surface area contributed by atoms with Crippen LogP contribution >= 0.6 is 7.60 Å². The van der Waals surface area contributed by atoms with E-state index >= 15 is 0 Å². The maximum Gasteiger partial charge on any atom is 0.335 e. The molecule has 0 radical (unpaired) electrons. The van der Waals surface area contributed by atoms with E-state index in [4.69, 9.17) is 9.05 Å². The van der Waals surface area contributed by atoms with Crippen LogP contribution in [0.3, 0.4) is 0 Å². The first-order valence-electron chi connectivity index (χ1n) is 5.26. The predicted molar refractivity (Wildman–Crippen MR) is 59.8 cm³/mol. The first kappa shape index (κ1) is 14.2. The van der Waals surface area contributed by atoms with Crippen molar-refractivity contribution in [1.82, 2.24) is 0 Å². The molecule has 0 aliphatic carbocycles. The molecule has 0 N–H and O–H groups in total. The summed E-state index contributed by atoms with van der Waals surface area (Å²) in [6.45, 7) is 10.6. The van der Waals surface area contributed by atoms with E-state index in [-0.39, 0.29) is 0 Å². The van der Waals surface area contributed by atoms with Gasteiger partial charge in [0.15, 0.2) is 0 Å². The smallest absolute Gasteiger partial charge is 0.308 e. The summed E-state index contributed by atoms with van der Waals surface area (Å²) in [6.07, 6.45) is 1.71. The molecular formula is C10H23O3P. The summed E-state index contributed by atoms with van der Waals surface area (Å²) in [5.41, 5.74) is 0. The van der Waals surface area contributed by atoms with Crippen molar-refractivity contribution >= 4 is 7.60 Å². The standard InChI is InChI=1S/C10H23O3P/c1-6-8-12-14(11,10(3,4)5)13-9-7-2/h6-9H2,1-5H3.